The lowest BCUT2D eigenvalue weighted by molar-refractivity contribution is -0.133. The maximum absolute atomic E-state index is 13.0. The van der Waals surface area contributed by atoms with Gasteiger partial charge in [0.1, 0.15) is 0 Å². The van der Waals surface area contributed by atoms with Crippen LogP contribution in [-0.4, -0.2) is 17.4 Å². The molecule has 0 radical (unpaired) electrons. The van der Waals surface area contributed by atoms with Gasteiger partial charge in [-0.2, -0.15) is 0 Å². The molecule has 0 bridgehead atoms. The molecule has 134 valence electrons. The number of hydrogen-bond donors (Lipinski definition) is 1. The lowest BCUT2D eigenvalue weighted by atomic mass is 9.84. The Labute approximate surface area is 156 Å². The second-order valence-electron chi connectivity index (χ2n) is 6.85. The largest absolute Gasteiger partial charge is 0.399 e. The molecule has 1 aliphatic rings. The Morgan fingerprint density at radius 3 is 2.32 bits per heavy atom. The Balaban J connectivity index is 0.00000225. The van der Waals surface area contributed by atoms with E-state index in [2.05, 4.69) is 24.0 Å². The van der Waals surface area contributed by atoms with Crippen molar-refractivity contribution in [2.24, 2.45) is 5.92 Å². The second kappa shape index (κ2) is 8.91. The van der Waals surface area contributed by atoms with E-state index in [0.29, 0.717) is 12.3 Å². The molecular weight excluding hydrogens is 332 g/mol. The summed E-state index contributed by atoms with van der Waals surface area (Å²) in [6, 6.07) is 18.0. The molecule has 0 heterocycles. The number of nitrogen functional groups attached to an aromatic ring is 1. The fourth-order valence-electron chi connectivity index (χ4n) is 3.25. The maximum atomic E-state index is 13.0. The van der Waals surface area contributed by atoms with Crippen molar-refractivity contribution in [3.05, 3.63) is 65.7 Å². The van der Waals surface area contributed by atoms with Crippen LogP contribution < -0.4 is 5.73 Å². The van der Waals surface area contributed by atoms with Crippen LogP contribution in [0.2, 0.25) is 0 Å². The number of hydrogen-bond acceptors (Lipinski definition) is 2. The van der Waals surface area contributed by atoms with Crippen molar-refractivity contribution in [1.82, 2.24) is 4.90 Å². The summed E-state index contributed by atoms with van der Waals surface area (Å²) in [6.45, 7) is 3.00. The molecule has 1 aliphatic carbocycles. The van der Waals surface area contributed by atoms with Gasteiger partial charge in [-0.3, -0.25) is 4.79 Å². The Kier molecular flexibility index (Phi) is 6.89. The number of benzene rings is 2. The summed E-state index contributed by atoms with van der Waals surface area (Å²) in [7, 11) is 0. The third-order valence-corrected chi connectivity index (χ3v) is 5.08. The predicted octanol–water partition coefficient (Wildman–Crippen LogP) is 4.62. The number of carbonyl (C=O) groups is 1. The smallest absolute Gasteiger partial charge is 0.227 e. The minimum Gasteiger partial charge on any atom is -0.399 e. The Bertz CT molecular complexity index is 668. The molecule has 1 saturated carbocycles. The van der Waals surface area contributed by atoms with Crippen LogP contribution in [0.3, 0.4) is 0 Å². The fraction of sp³-hybridized carbons (Fsp3) is 0.381. The molecule has 3 rings (SSSR count). The molecule has 0 saturated heterocycles. The van der Waals surface area contributed by atoms with Gasteiger partial charge in [0.25, 0.3) is 0 Å². The van der Waals surface area contributed by atoms with E-state index in [-0.39, 0.29) is 24.4 Å². The van der Waals surface area contributed by atoms with Gasteiger partial charge in [0.05, 0.1) is 12.5 Å². The van der Waals surface area contributed by atoms with Gasteiger partial charge >= 0.3 is 0 Å². The van der Waals surface area contributed by atoms with E-state index >= 15 is 0 Å². The molecule has 2 aromatic rings. The molecule has 1 amide bonds. The SMILES string of the molecule is CC(c1ccccc1)N(CC1CCC1)C(=O)Cc1ccc(N)cc1.Cl. The molecule has 0 aromatic heterocycles. The first-order valence-electron chi connectivity index (χ1n) is 8.82. The molecule has 0 spiro atoms. The number of anilines is 1. The topological polar surface area (TPSA) is 46.3 Å². The summed E-state index contributed by atoms with van der Waals surface area (Å²) >= 11 is 0. The summed E-state index contributed by atoms with van der Waals surface area (Å²) in [5.74, 6) is 0.856. The number of nitrogens with zero attached hydrogens (tertiary/aromatic N) is 1. The van der Waals surface area contributed by atoms with Crippen molar-refractivity contribution in [3.63, 3.8) is 0 Å². The fourth-order valence-corrected chi connectivity index (χ4v) is 3.25. The highest BCUT2D eigenvalue weighted by atomic mass is 35.5. The first-order chi connectivity index (χ1) is 11.6. The highest BCUT2D eigenvalue weighted by Crippen LogP contribution is 2.31. The molecule has 2 N–H and O–H groups in total. The monoisotopic (exact) mass is 358 g/mol. The van der Waals surface area contributed by atoms with Crippen LogP contribution in [0.4, 0.5) is 5.69 Å². The quantitative estimate of drug-likeness (QED) is 0.765. The molecule has 3 nitrogen and oxygen atoms in total. The minimum absolute atomic E-state index is 0. The van der Waals surface area contributed by atoms with E-state index < -0.39 is 0 Å². The third-order valence-electron chi connectivity index (χ3n) is 5.08. The number of halogens is 1. The molecule has 0 aliphatic heterocycles. The van der Waals surface area contributed by atoms with E-state index in [1.54, 1.807) is 0 Å². The number of amides is 1. The second-order valence-corrected chi connectivity index (χ2v) is 6.85. The Morgan fingerprint density at radius 2 is 1.76 bits per heavy atom. The Hall–Kier alpha value is -2.00. The number of nitrogens with two attached hydrogens (primary N) is 1. The lowest BCUT2D eigenvalue weighted by Crippen LogP contribution is -2.40. The van der Waals surface area contributed by atoms with Gasteiger partial charge in [0.15, 0.2) is 0 Å². The van der Waals surface area contributed by atoms with Crippen LogP contribution >= 0.6 is 12.4 Å². The average Bonchev–Trinajstić information content (AvgIpc) is 2.56. The van der Waals surface area contributed by atoms with Gasteiger partial charge in [-0.15, -0.1) is 12.4 Å². The normalized spacial score (nSPS) is 14.9. The van der Waals surface area contributed by atoms with Gasteiger partial charge in [0.2, 0.25) is 5.91 Å². The standard InChI is InChI=1S/C21H26N2O.ClH/c1-16(19-8-3-2-4-9-19)23(15-18-6-5-7-18)21(24)14-17-10-12-20(22)13-11-17;/h2-4,8-13,16,18H,5-7,14-15,22H2,1H3;1H. The zero-order valence-corrected chi connectivity index (χ0v) is 15.5. The highest BCUT2D eigenvalue weighted by molar-refractivity contribution is 5.85. The van der Waals surface area contributed by atoms with Crippen molar-refractivity contribution in [3.8, 4) is 0 Å². The molecular formula is C21H27ClN2O. The van der Waals surface area contributed by atoms with Gasteiger partial charge in [0, 0.05) is 12.2 Å². The molecule has 25 heavy (non-hydrogen) atoms. The zero-order valence-electron chi connectivity index (χ0n) is 14.7. The summed E-state index contributed by atoms with van der Waals surface area (Å²) in [6.07, 6.45) is 4.22. The molecule has 2 aromatic carbocycles. The van der Waals surface area contributed by atoms with Crippen LogP contribution in [0.5, 0.6) is 0 Å². The lowest BCUT2D eigenvalue weighted by Gasteiger charge is -2.36. The van der Waals surface area contributed by atoms with Crippen molar-refractivity contribution in [2.75, 3.05) is 12.3 Å². The van der Waals surface area contributed by atoms with E-state index in [9.17, 15) is 4.79 Å². The van der Waals surface area contributed by atoms with Crippen LogP contribution in [0, 0.1) is 5.92 Å². The van der Waals surface area contributed by atoms with Crippen molar-refractivity contribution >= 4 is 24.0 Å². The van der Waals surface area contributed by atoms with Crippen LogP contribution in [0.1, 0.15) is 43.4 Å². The predicted molar refractivity (Wildman–Crippen MR) is 106 cm³/mol. The van der Waals surface area contributed by atoms with E-state index in [1.165, 1.54) is 24.8 Å². The van der Waals surface area contributed by atoms with Gasteiger partial charge in [-0.1, -0.05) is 48.9 Å². The Morgan fingerprint density at radius 1 is 1.12 bits per heavy atom. The molecule has 1 atom stereocenters. The van der Waals surface area contributed by atoms with Gasteiger partial charge < -0.3 is 10.6 Å². The minimum atomic E-state index is 0. The maximum Gasteiger partial charge on any atom is 0.227 e. The van der Waals surface area contributed by atoms with E-state index in [0.717, 1.165) is 17.8 Å². The van der Waals surface area contributed by atoms with Gasteiger partial charge in [-0.25, -0.2) is 0 Å². The van der Waals surface area contributed by atoms with Crippen molar-refractivity contribution in [2.45, 2.75) is 38.6 Å². The van der Waals surface area contributed by atoms with E-state index in [1.807, 2.05) is 42.5 Å². The summed E-state index contributed by atoms with van der Waals surface area (Å²) in [5.41, 5.74) is 8.69. The highest BCUT2D eigenvalue weighted by Gasteiger charge is 2.27. The molecule has 1 fully saturated rings. The van der Waals surface area contributed by atoms with Crippen LogP contribution in [0.25, 0.3) is 0 Å². The number of rotatable bonds is 6. The summed E-state index contributed by atoms with van der Waals surface area (Å²) in [5, 5.41) is 0. The summed E-state index contributed by atoms with van der Waals surface area (Å²) in [4.78, 5) is 15.0. The molecule has 4 heteroatoms. The summed E-state index contributed by atoms with van der Waals surface area (Å²) < 4.78 is 0. The van der Waals surface area contributed by atoms with Crippen LogP contribution in [-0.2, 0) is 11.2 Å². The van der Waals surface area contributed by atoms with E-state index in [4.69, 9.17) is 5.73 Å². The van der Waals surface area contributed by atoms with Crippen LogP contribution in [0.15, 0.2) is 54.6 Å². The van der Waals surface area contributed by atoms with Crippen molar-refractivity contribution < 1.29 is 4.79 Å². The average molecular weight is 359 g/mol. The third kappa shape index (κ3) is 4.99. The first kappa shape index (κ1) is 19.3. The zero-order chi connectivity index (χ0) is 16.9. The first-order valence-corrected chi connectivity index (χ1v) is 8.82. The molecule has 1 unspecified atom stereocenters. The van der Waals surface area contributed by atoms with Crippen molar-refractivity contribution in [1.29, 1.82) is 0 Å². The van der Waals surface area contributed by atoms with Gasteiger partial charge in [-0.05, 0) is 48.9 Å². The number of carbonyl (C=O) groups excluding carboxylic acids is 1.